The van der Waals surface area contributed by atoms with E-state index in [1.54, 1.807) is 0 Å². The van der Waals surface area contributed by atoms with Gasteiger partial charge in [0.05, 0.1) is 0 Å². The zero-order valence-electron chi connectivity index (χ0n) is 9.03. The molecule has 2 heterocycles. The highest BCUT2D eigenvalue weighted by Crippen LogP contribution is 2.32. The maximum atomic E-state index is 5.76. The molecule has 1 aliphatic rings. The second-order valence-corrected chi connectivity index (χ2v) is 4.03. The first kappa shape index (κ1) is 9.30. The quantitative estimate of drug-likeness (QED) is 0.565. The molecule has 4 nitrogen and oxygen atoms in total. The summed E-state index contributed by atoms with van der Waals surface area (Å²) in [6.45, 7) is 0.868. The van der Waals surface area contributed by atoms with E-state index in [9.17, 15) is 0 Å². The van der Waals surface area contributed by atoms with Crippen LogP contribution in [0.1, 0.15) is 11.3 Å². The Bertz CT molecular complexity index is 571. The molecule has 0 unspecified atom stereocenters. The van der Waals surface area contributed by atoms with Gasteiger partial charge in [-0.1, -0.05) is 0 Å². The number of nitrogens with one attached hydrogen (secondary N) is 1. The summed E-state index contributed by atoms with van der Waals surface area (Å²) in [6, 6.07) is 5.87. The van der Waals surface area contributed by atoms with Crippen molar-refractivity contribution in [3.8, 4) is 0 Å². The number of nitrogens with two attached hydrogens (primary N) is 1. The third-order valence-electron chi connectivity index (χ3n) is 2.88. The van der Waals surface area contributed by atoms with E-state index in [4.69, 9.17) is 10.3 Å². The highest BCUT2D eigenvalue weighted by atomic mass is 16.3. The predicted molar refractivity (Wildman–Crippen MR) is 64.5 cm³/mol. The minimum atomic E-state index is 0.868. The molecular weight excluding hydrogens is 202 g/mol. The van der Waals surface area contributed by atoms with Gasteiger partial charge >= 0.3 is 0 Å². The van der Waals surface area contributed by atoms with Gasteiger partial charge in [0.25, 0.3) is 0 Å². The highest BCUT2D eigenvalue weighted by molar-refractivity contribution is 5.87. The molecule has 0 bridgehead atoms. The van der Waals surface area contributed by atoms with Crippen LogP contribution in [0.3, 0.4) is 0 Å². The summed E-state index contributed by atoms with van der Waals surface area (Å²) >= 11 is 0. The number of anilines is 1. The number of nitrogen functional groups attached to an aromatic ring is 1. The van der Waals surface area contributed by atoms with Crippen molar-refractivity contribution in [2.45, 2.75) is 6.54 Å². The fourth-order valence-corrected chi connectivity index (χ4v) is 2.05. The van der Waals surface area contributed by atoms with Crippen molar-refractivity contribution in [3.63, 3.8) is 0 Å². The molecule has 0 saturated carbocycles. The molecule has 0 amide bonds. The Hall–Kier alpha value is -1.94. The normalized spacial score (nSPS) is 14.2. The molecular formula is C12H13N3O. The topological polar surface area (TPSA) is 54.4 Å². The lowest BCUT2D eigenvalue weighted by Crippen LogP contribution is -2.13. The lowest BCUT2D eigenvalue weighted by Gasteiger charge is -2.17. The van der Waals surface area contributed by atoms with Gasteiger partial charge in [-0.2, -0.15) is 0 Å². The van der Waals surface area contributed by atoms with E-state index in [-0.39, 0.29) is 0 Å². The van der Waals surface area contributed by atoms with Gasteiger partial charge in [0.15, 0.2) is 0 Å². The molecule has 1 aliphatic heterocycles. The maximum absolute atomic E-state index is 5.76. The minimum absolute atomic E-state index is 0.868. The van der Waals surface area contributed by atoms with Gasteiger partial charge in [-0.15, -0.1) is 0 Å². The zero-order valence-corrected chi connectivity index (χ0v) is 9.03. The van der Waals surface area contributed by atoms with Crippen LogP contribution in [0.2, 0.25) is 0 Å². The SMILES string of the molecule is CN1C=Cc2oc3ccc(NN)cc3c2C1. The van der Waals surface area contributed by atoms with Crippen molar-refractivity contribution in [3.05, 3.63) is 35.7 Å². The molecule has 4 heteroatoms. The lowest BCUT2D eigenvalue weighted by atomic mass is 10.1. The fourth-order valence-electron chi connectivity index (χ4n) is 2.05. The number of hydrazine groups is 1. The fraction of sp³-hybridized carbons (Fsp3) is 0.167. The Balaban J connectivity index is 2.25. The number of nitrogens with zero attached hydrogens (tertiary/aromatic N) is 1. The van der Waals surface area contributed by atoms with Gasteiger partial charge < -0.3 is 14.7 Å². The van der Waals surface area contributed by atoms with Crippen LogP contribution in [-0.4, -0.2) is 11.9 Å². The summed E-state index contributed by atoms with van der Waals surface area (Å²) in [6.07, 6.45) is 4.02. The molecule has 3 N–H and O–H groups in total. The Morgan fingerprint density at radius 3 is 3.12 bits per heavy atom. The van der Waals surface area contributed by atoms with E-state index in [0.29, 0.717) is 0 Å². The summed E-state index contributed by atoms with van der Waals surface area (Å²) in [7, 11) is 2.04. The third kappa shape index (κ3) is 1.27. The molecule has 3 rings (SSSR count). The molecule has 1 aromatic carbocycles. The van der Waals surface area contributed by atoms with Crippen molar-refractivity contribution < 1.29 is 4.42 Å². The molecule has 82 valence electrons. The van der Waals surface area contributed by atoms with Crippen molar-refractivity contribution in [2.75, 3.05) is 12.5 Å². The minimum Gasteiger partial charge on any atom is -0.456 e. The van der Waals surface area contributed by atoms with Crippen LogP contribution in [0.4, 0.5) is 5.69 Å². The molecule has 0 radical (unpaired) electrons. The summed E-state index contributed by atoms with van der Waals surface area (Å²) in [5, 5.41) is 1.13. The molecule has 0 spiro atoms. The molecule has 0 aliphatic carbocycles. The maximum Gasteiger partial charge on any atom is 0.135 e. The van der Waals surface area contributed by atoms with Crippen LogP contribution in [0.25, 0.3) is 17.0 Å². The van der Waals surface area contributed by atoms with E-state index in [2.05, 4.69) is 10.3 Å². The summed E-state index contributed by atoms with van der Waals surface area (Å²) in [5.41, 5.74) is 5.68. The summed E-state index contributed by atoms with van der Waals surface area (Å²) in [4.78, 5) is 2.12. The molecule has 16 heavy (non-hydrogen) atoms. The van der Waals surface area contributed by atoms with Gasteiger partial charge in [-0.05, 0) is 24.3 Å². The lowest BCUT2D eigenvalue weighted by molar-refractivity contribution is 0.439. The van der Waals surface area contributed by atoms with Gasteiger partial charge in [0.2, 0.25) is 0 Å². The van der Waals surface area contributed by atoms with Crippen molar-refractivity contribution >= 4 is 22.7 Å². The summed E-state index contributed by atoms with van der Waals surface area (Å²) in [5.74, 6) is 6.35. The Morgan fingerprint density at radius 2 is 2.31 bits per heavy atom. The standard InChI is InChI=1S/C12H13N3O/c1-15-5-4-12-10(7-15)9-6-8(14-13)2-3-11(9)16-12/h2-6,14H,7,13H2,1H3. The smallest absolute Gasteiger partial charge is 0.135 e. The molecule has 0 fully saturated rings. The van der Waals surface area contributed by atoms with Crippen LogP contribution < -0.4 is 11.3 Å². The number of benzene rings is 1. The van der Waals surface area contributed by atoms with E-state index in [1.807, 2.05) is 37.5 Å². The zero-order chi connectivity index (χ0) is 11.1. The van der Waals surface area contributed by atoms with Gasteiger partial charge in [0.1, 0.15) is 11.3 Å². The second kappa shape index (κ2) is 3.28. The van der Waals surface area contributed by atoms with Gasteiger partial charge in [0, 0.05) is 36.4 Å². The van der Waals surface area contributed by atoms with Crippen LogP contribution >= 0.6 is 0 Å². The molecule has 0 saturated heterocycles. The van der Waals surface area contributed by atoms with Crippen LogP contribution in [0.5, 0.6) is 0 Å². The number of hydrogen-bond donors (Lipinski definition) is 2. The Morgan fingerprint density at radius 1 is 1.44 bits per heavy atom. The predicted octanol–water partition coefficient (Wildman–Crippen LogP) is 2.13. The van der Waals surface area contributed by atoms with E-state index < -0.39 is 0 Å². The first-order chi connectivity index (χ1) is 7.78. The number of hydrogen-bond acceptors (Lipinski definition) is 4. The van der Waals surface area contributed by atoms with Crippen molar-refractivity contribution in [1.29, 1.82) is 0 Å². The first-order valence-electron chi connectivity index (χ1n) is 5.18. The first-order valence-corrected chi connectivity index (χ1v) is 5.18. The number of furan rings is 1. The molecule has 0 atom stereocenters. The van der Waals surface area contributed by atoms with E-state index in [1.165, 1.54) is 5.56 Å². The second-order valence-electron chi connectivity index (χ2n) is 4.03. The number of fused-ring (bicyclic) bond motifs is 3. The molecule has 2 aromatic rings. The van der Waals surface area contributed by atoms with Crippen molar-refractivity contribution in [2.24, 2.45) is 5.84 Å². The summed E-state index contributed by atoms with van der Waals surface area (Å²) < 4.78 is 5.76. The Labute approximate surface area is 93.3 Å². The van der Waals surface area contributed by atoms with Crippen LogP contribution in [0.15, 0.2) is 28.8 Å². The van der Waals surface area contributed by atoms with E-state index >= 15 is 0 Å². The largest absolute Gasteiger partial charge is 0.456 e. The van der Waals surface area contributed by atoms with Crippen LogP contribution in [-0.2, 0) is 6.54 Å². The van der Waals surface area contributed by atoms with Crippen molar-refractivity contribution in [1.82, 2.24) is 4.90 Å². The average molecular weight is 215 g/mol. The highest BCUT2D eigenvalue weighted by Gasteiger charge is 2.16. The Kier molecular flexibility index (Phi) is 1.91. The van der Waals surface area contributed by atoms with Crippen LogP contribution in [0, 0.1) is 0 Å². The monoisotopic (exact) mass is 215 g/mol. The average Bonchev–Trinajstić information content (AvgIpc) is 2.66. The molecule has 1 aromatic heterocycles. The van der Waals surface area contributed by atoms with E-state index in [0.717, 1.165) is 29.0 Å². The third-order valence-corrected chi connectivity index (χ3v) is 2.88. The number of rotatable bonds is 1. The van der Waals surface area contributed by atoms with Gasteiger partial charge in [-0.3, -0.25) is 5.84 Å². The van der Waals surface area contributed by atoms with Gasteiger partial charge in [-0.25, -0.2) is 0 Å².